The number of rotatable bonds is 6. The third-order valence-corrected chi connectivity index (χ3v) is 4.12. The first-order valence-corrected chi connectivity index (χ1v) is 8.22. The molecule has 2 aromatic rings. The molecule has 0 amide bonds. The summed E-state index contributed by atoms with van der Waals surface area (Å²) in [6.07, 6.45) is 1.77. The lowest BCUT2D eigenvalue weighted by Gasteiger charge is -2.15. The van der Waals surface area contributed by atoms with Crippen molar-refractivity contribution in [1.82, 2.24) is 15.6 Å². The monoisotopic (exact) mass is 520 g/mol. The van der Waals surface area contributed by atoms with Crippen LogP contribution in [0.5, 0.6) is 11.5 Å². The van der Waals surface area contributed by atoms with Crippen molar-refractivity contribution in [2.45, 2.75) is 13.1 Å². The van der Waals surface area contributed by atoms with Gasteiger partial charge in [0.05, 0.1) is 26.5 Å². The molecule has 0 radical (unpaired) electrons. The van der Waals surface area contributed by atoms with Crippen LogP contribution in [0.25, 0.3) is 0 Å². The number of methoxy groups -OCH3 is 2. The minimum absolute atomic E-state index is 0. The van der Waals surface area contributed by atoms with E-state index in [1.165, 1.54) is 0 Å². The highest BCUT2D eigenvalue weighted by Gasteiger charge is 2.10. The van der Waals surface area contributed by atoms with E-state index in [-0.39, 0.29) is 24.0 Å². The average Bonchev–Trinajstić information content (AvgIpc) is 2.63. The second-order valence-electron chi connectivity index (χ2n) is 4.90. The summed E-state index contributed by atoms with van der Waals surface area (Å²) in [5.41, 5.74) is 1.99. The molecule has 0 aliphatic carbocycles. The van der Waals surface area contributed by atoms with Crippen LogP contribution in [0.2, 0.25) is 0 Å². The summed E-state index contributed by atoms with van der Waals surface area (Å²) in [7, 11) is 4.97. The molecule has 0 spiro atoms. The Hall–Kier alpha value is -1.55. The molecule has 0 atom stereocenters. The molecule has 1 heterocycles. The van der Waals surface area contributed by atoms with Gasteiger partial charge in [0, 0.05) is 24.3 Å². The van der Waals surface area contributed by atoms with Gasteiger partial charge in [-0.2, -0.15) is 0 Å². The van der Waals surface area contributed by atoms with Gasteiger partial charge in [0.2, 0.25) is 0 Å². The van der Waals surface area contributed by atoms with Crippen molar-refractivity contribution in [3.8, 4) is 11.5 Å². The van der Waals surface area contributed by atoms with E-state index in [1.54, 1.807) is 27.5 Å². The average molecular weight is 521 g/mol. The molecule has 0 aliphatic heterocycles. The van der Waals surface area contributed by atoms with Crippen LogP contribution in [-0.2, 0) is 13.1 Å². The Bertz CT molecular complexity index is 699. The van der Waals surface area contributed by atoms with E-state index in [9.17, 15) is 0 Å². The number of hydrogen-bond acceptors (Lipinski definition) is 4. The molecule has 0 saturated carbocycles. The highest BCUT2D eigenvalue weighted by atomic mass is 127. The van der Waals surface area contributed by atoms with Crippen LogP contribution in [-0.4, -0.2) is 32.2 Å². The zero-order valence-corrected chi connectivity index (χ0v) is 18.3. The number of guanidine groups is 1. The molecule has 6 nitrogen and oxygen atoms in total. The molecular weight excluding hydrogens is 499 g/mol. The van der Waals surface area contributed by atoms with Crippen molar-refractivity contribution in [3.63, 3.8) is 0 Å². The Morgan fingerprint density at radius 1 is 1.12 bits per heavy atom. The van der Waals surface area contributed by atoms with Gasteiger partial charge in [-0.1, -0.05) is 22.0 Å². The molecule has 0 bridgehead atoms. The van der Waals surface area contributed by atoms with E-state index < -0.39 is 0 Å². The van der Waals surface area contributed by atoms with Crippen LogP contribution < -0.4 is 20.1 Å². The zero-order chi connectivity index (χ0) is 17.4. The van der Waals surface area contributed by atoms with E-state index in [4.69, 9.17) is 9.47 Å². The molecule has 0 saturated heterocycles. The first kappa shape index (κ1) is 21.5. The summed E-state index contributed by atoms with van der Waals surface area (Å²) < 4.78 is 11.6. The molecule has 0 fully saturated rings. The topological polar surface area (TPSA) is 67.8 Å². The van der Waals surface area contributed by atoms with Gasteiger partial charge in [0.1, 0.15) is 0 Å². The predicted molar refractivity (Wildman–Crippen MR) is 114 cm³/mol. The molecule has 1 aromatic carbocycles. The van der Waals surface area contributed by atoms with Crippen LogP contribution in [0.1, 0.15) is 11.3 Å². The van der Waals surface area contributed by atoms with Gasteiger partial charge in [0.25, 0.3) is 0 Å². The molecule has 25 heavy (non-hydrogen) atoms. The fourth-order valence-corrected chi connectivity index (χ4v) is 2.57. The molecule has 0 aliphatic rings. The van der Waals surface area contributed by atoms with E-state index in [2.05, 4.69) is 36.5 Å². The highest BCUT2D eigenvalue weighted by Crippen LogP contribution is 2.33. The standard InChI is InChI=1S/C17H21BrN4O2.HI/c1-19-17(22-11-13-6-4-5-7-20-13)21-10-12-8-15(23-2)16(24-3)9-14(12)18;/h4-9H,10-11H2,1-3H3,(H2,19,21,22);1H. The first-order chi connectivity index (χ1) is 11.7. The number of ether oxygens (including phenoxy) is 2. The Balaban J connectivity index is 0.00000312. The third kappa shape index (κ3) is 6.35. The van der Waals surface area contributed by atoms with E-state index in [0.29, 0.717) is 30.5 Å². The summed E-state index contributed by atoms with van der Waals surface area (Å²) in [5, 5.41) is 6.50. The highest BCUT2D eigenvalue weighted by molar-refractivity contribution is 14.0. The van der Waals surface area contributed by atoms with E-state index >= 15 is 0 Å². The van der Waals surface area contributed by atoms with Crippen LogP contribution in [0.4, 0.5) is 0 Å². The number of hydrogen-bond donors (Lipinski definition) is 2. The number of benzene rings is 1. The minimum atomic E-state index is 0. The molecular formula is C17H22BrIN4O2. The maximum atomic E-state index is 5.34. The molecule has 2 rings (SSSR count). The Kier molecular flexibility index (Phi) is 9.58. The number of pyridine rings is 1. The lowest BCUT2D eigenvalue weighted by Crippen LogP contribution is -2.36. The fraction of sp³-hybridized carbons (Fsp3) is 0.294. The summed E-state index contributed by atoms with van der Waals surface area (Å²) in [5.74, 6) is 2.07. The molecule has 2 N–H and O–H groups in total. The van der Waals surface area contributed by atoms with Gasteiger partial charge >= 0.3 is 0 Å². The number of aromatic nitrogens is 1. The number of aliphatic imine (C=N–C) groups is 1. The van der Waals surface area contributed by atoms with Crippen molar-refractivity contribution >= 4 is 45.9 Å². The molecule has 1 aromatic heterocycles. The van der Waals surface area contributed by atoms with Crippen LogP contribution in [0.15, 0.2) is 46.0 Å². The number of nitrogens with zero attached hydrogens (tertiary/aromatic N) is 2. The maximum absolute atomic E-state index is 5.34. The summed E-state index contributed by atoms with van der Waals surface area (Å²) >= 11 is 3.55. The van der Waals surface area contributed by atoms with E-state index in [1.807, 2.05) is 30.3 Å². The maximum Gasteiger partial charge on any atom is 0.191 e. The normalized spacial score (nSPS) is 10.6. The summed E-state index contributed by atoms with van der Waals surface area (Å²) in [6.45, 7) is 1.19. The smallest absolute Gasteiger partial charge is 0.191 e. The fourth-order valence-electron chi connectivity index (χ4n) is 2.11. The number of nitrogens with one attached hydrogen (secondary N) is 2. The van der Waals surface area contributed by atoms with Crippen LogP contribution in [0, 0.1) is 0 Å². The van der Waals surface area contributed by atoms with Crippen molar-refractivity contribution in [1.29, 1.82) is 0 Å². The van der Waals surface area contributed by atoms with Crippen LogP contribution in [0.3, 0.4) is 0 Å². The van der Waals surface area contributed by atoms with Crippen molar-refractivity contribution < 1.29 is 9.47 Å². The van der Waals surface area contributed by atoms with E-state index in [0.717, 1.165) is 15.7 Å². The second kappa shape index (κ2) is 11.1. The Morgan fingerprint density at radius 3 is 2.40 bits per heavy atom. The second-order valence-corrected chi connectivity index (χ2v) is 5.75. The van der Waals surface area contributed by atoms with Gasteiger partial charge < -0.3 is 20.1 Å². The summed E-state index contributed by atoms with van der Waals surface area (Å²) in [6, 6.07) is 9.64. The lowest BCUT2D eigenvalue weighted by molar-refractivity contribution is 0.354. The Morgan fingerprint density at radius 2 is 1.80 bits per heavy atom. The van der Waals surface area contributed by atoms with Gasteiger partial charge in [-0.05, 0) is 29.8 Å². The Labute approximate surface area is 173 Å². The van der Waals surface area contributed by atoms with Gasteiger partial charge in [-0.15, -0.1) is 24.0 Å². The van der Waals surface area contributed by atoms with Crippen molar-refractivity contribution in [3.05, 3.63) is 52.3 Å². The van der Waals surface area contributed by atoms with Gasteiger partial charge in [-0.25, -0.2) is 0 Å². The molecule has 136 valence electrons. The van der Waals surface area contributed by atoms with Crippen molar-refractivity contribution in [2.24, 2.45) is 4.99 Å². The zero-order valence-electron chi connectivity index (χ0n) is 14.4. The van der Waals surface area contributed by atoms with Gasteiger partial charge in [0.15, 0.2) is 17.5 Å². The number of halogens is 2. The minimum Gasteiger partial charge on any atom is -0.493 e. The molecule has 0 unspecified atom stereocenters. The van der Waals surface area contributed by atoms with Gasteiger partial charge in [-0.3, -0.25) is 9.98 Å². The third-order valence-electron chi connectivity index (χ3n) is 3.39. The molecule has 8 heteroatoms. The SMILES string of the molecule is CN=C(NCc1ccccn1)NCc1cc(OC)c(OC)cc1Br.I. The van der Waals surface area contributed by atoms with Crippen molar-refractivity contribution in [2.75, 3.05) is 21.3 Å². The largest absolute Gasteiger partial charge is 0.493 e. The predicted octanol–water partition coefficient (Wildman–Crippen LogP) is 3.34. The first-order valence-electron chi connectivity index (χ1n) is 7.42. The van der Waals surface area contributed by atoms with Crippen LogP contribution >= 0.6 is 39.9 Å². The lowest BCUT2D eigenvalue weighted by atomic mass is 10.2. The summed E-state index contributed by atoms with van der Waals surface area (Å²) in [4.78, 5) is 8.50. The quantitative estimate of drug-likeness (QED) is 0.347.